The van der Waals surface area contributed by atoms with Crippen LogP contribution in [0.3, 0.4) is 0 Å². The molecule has 1 aromatic rings. The van der Waals surface area contributed by atoms with Gasteiger partial charge in [0.15, 0.2) is 5.96 Å². The van der Waals surface area contributed by atoms with E-state index in [-0.39, 0.29) is 24.0 Å². The van der Waals surface area contributed by atoms with Crippen molar-refractivity contribution >= 4 is 41.3 Å². The van der Waals surface area contributed by atoms with Crippen molar-refractivity contribution in [1.29, 1.82) is 0 Å². The molecule has 3 heterocycles. The van der Waals surface area contributed by atoms with E-state index in [4.69, 9.17) is 0 Å². The minimum absolute atomic E-state index is 0. The summed E-state index contributed by atoms with van der Waals surface area (Å²) < 4.78 is 0. The van der Waals surface area contributed by atoms with E-state index in [2.05, 4.69) is 54.8 Å². The largest absolute Gasteiger partial charge is 0.355 e. The van der Waals surface area contributed by atoms with Crippen molar-refractivity contribution in [2.45, 2.75) is 25.8 Å². The van der Waals surface area contributed by atoms with Crippen LogP contribution in [-0.2, 0) is 0 Å². The van der Waals surface area contributed by atoms with E-state index in [0.29, 0.717) is 6.04 Å². The molecule has 2 saturated heterocycles. The average molecular weight is 521 g/mol. The molecule has 0 saturated carbocycles. The van der Waals surface area contributed by atoms with E-state index < -0.39 is 0 Å². The van der Waals surface area contributed by atoms with Gasteiger partial charge in [-0.25, -0.2) is 0 Å². The average Bonchev–Trinajstić information content (AvgIpc) is 3.42. The topological polar surface area (TPSA) is 46.1 Å². The zero-order valence-electron chi connectivity index (χ0n) is 17.4. The minimum Gasteiger partial charge on any atom is -0.355 e. The highest BCUT2D eigenvalue weighted by atomic mass is 127. The van der Waals surface area contributed by atoms with Gasteiger partial charge in [0.2, 0.25) is 0 Å². The highest BCUT2D eigenvalue weighted by molar-refractivity contribution is 14.0. The van der Waals surface area contributed by atoms with Gasteiger partial charge in [0.05, 0.1) is 6.04 Å². The fourth-order valence-electron chi connectivity index (χ4n) is 4.02. The number of rotatable bonds is 8. The van der Waals surface area contributed by atoms with Gasteiger partial charge in [0.1, 0.15) is 0 Å². The van der Waals surface area contributed by atoms with Crippen molar-refractivity contribution < 1.29 is 0 Å². The minimum atomic E-state index is 0. The number of hydrogen-bond acceptors (Lipinski definition) is 5. The lowest BCUT2D eigenvalue weighted by molar-refractivity contribution is 0.139. The van der Waals surface area contributed by atoms with Crippen molar-refractivity contribution in [3.05, 3.63) is 22.4 Å². The maximum absolute atomic E-state index is 4.43. The summed E-state index contributed by atoms with van der Waals surface area (Å²) in [4.78, 5) is 13.6. The third-order valence-electron chi connectivity index (χ3n) is 5.77. The van der Waals surface area contributed by atoms with E-state index in [9.17, 15) is 0 Å². The molecule has 3 rings (SSSR count). The molecule has 2 aliphatic heterocycles. The molecule has 0 aromatic carbocycles. The first-order valence-electron chi connectivity index (χ1n) is 10.5. The summed E-state index contributed by atoms with van der Waals surface area (Å²) in [5.74, 6) is 0.919. The van der Waals surface area contributed by atoms with Gasteiger partial charge in [-0.15, -0.1) is 35.3 Å². The van der Waals surface area contributed by atoms with Gasteiger partial charge in [-0.05, 0) is 43.9 Å². The molecule has 160 valence electrons. The van der Waals surface area contributed by atoms with Crippen LogP contribution in [0.1, 0.15) is 30.7 Å². The lowest BCUT2D eigenvalue weighted by Gasteiger charge is -2.34. The standard InChI is InChI=1S/C20H36N6S.HI/c1-3-24-12-14-25(15-13-24)11-8-22-20(21-2)23-17-18(19-7-6-16-27-19)26-9-4-5-10-26;/h6-7,16,18H,3-5,8-15,17H2,1-2H3,(H2,21,22,23);1H. The van der Waals surface area contributed by atoms with E-state index in [1.165, 1.54) is 63.5 Å². The first-order chi connectivity index (χ1) is 13.3. The number of piperazine rings is 1. The number of guanidine groups is 1. The number of halogens is 1. The summed E-state index contributed by atoms with van der Waals surface area (Å²) in [5.41, 5.74) is 0. The Morgan fingerprint density at radius 1 is 1.11 bits per heavy atom. The van der Waals surface area contributed by atoms with E-state index in [1.807, 2.05) is 18.4 Å². The zero-order chi connectivity index (χ0) is 18.9. The van der Waals surface area contributed by atoms with Gasteiger partial charge in [-0.3, -0.25) is 14.8 Å². The number of aliphatic imine (C=N–C) groups is 1. The van der Waals surface area contributed by atoms with Gasteiger partial charge in [-0.2, -0.15) is 0 Å². The summed E-state index contributed by atoms with van der Waals surface area (Å²) in [6.45, 7) is 13.5. The highest BCUT2D eigenvalue weighted by Gasteiger charge is 2.24. The van der Waals surface area contributed by atoms with E-state index in [0.717, 1.165) is 25.6 Å². The smallest absolute Gasteiger partial charge is 0.191 e. The van der Waals surface area contributed by atoms with Crippen LogP contribution in [0.15, 0.2) is 22.5 Å². The number of nitrogens with zero attached hydrogens (tertiary/aromatic N) is 4. The molecule has 0 bridgehead atoms. The second kappa shape index (κ2) is 13.0. The normalized spacial score (nSPS) is 20.7. The highest BCUT2D eigenvalue weighted by Crippen LogP contribution is 2.27. The molecule has 1 aromatic heterocycles. The summed E-state index contributed by atoms with van der Waals surface area (Å²) in [6.07, 6.45) is 2.64. The Labute approximate surface area is 191 Å². The quantitative estimate of drug-likeness (QED) is 0.313. The van der Waals surface area contributed by atoms with Crippen molar-refractivity contribution in [3.63, 3.8) is 0 Å². The molecule has 8 heteroatoms. The second-order valence-corrected chi connectivity index (χ2v) is 8.41. The molecule has 0 radical (unpaired) electrons. The molecule has 1 atom stereocenters. The molecule has 2 fully saturated rings. The summed E-state index contributed by atoms with van der Waals surface area (Å²) in [7, 11) is 1.87. The van der Waals surface area contributed by atoms with E-state index in [1.54, 1.807) is 0 Å². The monoisotopic (exact) mass is 520 g/mol. The number of likely N-dealkylation sites (N-methyl/N-ethyl adjacent to an activating group) is 1. The Bertz CT molecular complexity index is 553. The van der Waals surface area contributed by atoms with Crippen LogP contribution in [0.4, 0.5) is 0 Å². The van der Waals surface area contributed by atoms with Crippen LogP contribution in [0.25, 0.3) is 0 Å². The summed E-state index contributed by atoms with van der Waals surface area (Å²) in [6, 6.07) is 4.88. The van der Waals surface area contributed by atoms with Crippen LogP contribution in [0.5, 0.6) is 0 Å². The molecule has 2 N–H and O–H groups in total. The van der Waals surface area contributed by atoms with Gasteiger partial charge in [0, 0.05) is 57.7 Å². The predicted molar refractivity (Wildman–Crippen MR) is 131 cm³/mol. The fourth-order valence-corrected chi connectivity index (χ4v) is 4.88. The third kappa shape index (κ3) is 7.12. The van der Waals surface area contributed by atoms with Crippen LogP contribution in [0, 0.1) is 0 Å². The van der Waals surface area contributed by atoms with Crippen LogP contribution >= 0.6 is 35.3 Å². The van der Waals surface area contributed by atoms with E-state index >= 15 is 0 Å². The molecule has 28 heavy (non-hydrogen) atoms. The molecule has 1 unspecified atom stereocenters. The first kappa shape index (κ1) is 23.9. The van der Waals surface area contributed by atoms with Crippen LogP contribution in [0.2, 0.25) is 0 Å². The Morgan fingerprint density at radius 2 is 1.82 bits per heavy atom. The predicted octanol–water partition coefficient (Wildman–Crippen LogP) is 2.31. The number of thiophene rings is 1. The van der Waals surface area contributed by atoms with Crippen LogP contribution < -0.4 is 10.6 Å². The SMILES string of the molecule is CCN1CCN(CCNC(=NC)NCC(c2cccs2)N2CCCC2)CC1.I. The Hall–Kier alpha value is -0.420. The van der Waals surface area contributed by atoms with Crippen molar-refractivity contribution in [1.82, 2.24) is 25.3 Å². The van der Waals surface area contributed by atoms with Crippen molar-refractivity contribution in [3.8, 4) is 0 Å². The molecule has 0 aliphatic carbocycles. The van der Waals surface area contributed by atoms with Gasteiger partial charge in [0.25, 0.3) is 0 Å². The number of likely N-dealkylation sites (tertiary alicyclic amines) is 1. The number of nitrogens with one attached hydrogen (secondary N) is 2. The molecular formula is C20H37IN6S. The van der Waals surface area contributed by atoms with Crippen molar-refractivity contribution in [2.75, 3.05) is 72.5 Å². The van der Waals surface area contributed by atoms with Crippen molar-refractivity contribution in [2.24, 2.45) is 4.99 Å². The fraction of sp³-hybridized carbons (Fsp3) is 0.750. The van der Waals surface area contributed by atoms with Gasteiger partial charge < -0.3 is 15.5 Å². The molecule has 0 spiro atoms. The lowest BCUT2D eigenvalue weighted by atomic mass is 10.2. The molecule has 0 amide bonds. The summed E-state index contributed by atoms with van der Waals surface area (Å²) in [5, 5.41) is 9.25. The summed E-state index contributed by atoms with van der Waals surface area (Å²) >= 11 is 1.86. The van der Waals surface area contributed by atoms with Gasteiger partial charge in [-0.1, -0.05) is 13.0 Å². The molecule has 6 nitrogen and oxygen atoms in total. The number of hydrogen-bond donors (Lipinski definition) is 2. The Morgan fingerprint density at radius 3 is 2.43 bits per heavy atom. The molecular weight excluding hydrogens is 483 g/mol. The Balaban J connectivity index is 0.00000280. The first-order valence-corrected chi connectivity index (χ1v) is 11.3. The van der Waals surface area contributed by atoms with Gasteiger partial charge >= 0.3 is 0 Å². The third-order valence-corrected chi connectivity index (χ3v) is 6.75. The molecule has 2 aliphatic rings. The lowest BCUT2D eigenvalue weighted by Crippen LogP contribution is -2.49. The maximum atomic E-state index is 4.43. The maximum Gasteiger partial charge on any atom is 0.191 e. The zero-order valence-corrected chi connectivity index (χ0v) is 20.5. The van der Waals surface area contributed by atoms with Crippen LogP contribution in [-0.4, -0.2) is 93.2 Å². The Kier molecular flexibility index (Phi) is 11.1. The second-order valence-electron chi connectivity index (χ2n) is 7.43.